The molecular formula is C9H7N7. The summed E-state index contributed by atoms with van der Waals surface area (Å²) in [5.41, 5.74) is 7.85. The Balaban J connectivity index is 2.33. The number of nitrogen functional groups attached to an aromatic ring is 1. The number of hydrogen-bond acceptors (Lipinski definition) is 6. The zero-order valence-corrected chi connectivity index (χ0v) is 8.12. The van der Waals surface area contributed by atoms with Gasteiger partial charge in [-0.3, -0.25) is 5.10 Å². The molecule has 0 bridgehead atoms. The van der Waals surface area contributed by atoms with Crippen LogP contribution in [0.25, 0.3) is 22.3 Å². The first-order valence-corrected chi connectivity index (χ1v) is 4.56. The lowest BCUT2D eigenvalue weighted by molar-refractivity contribution is 1.08. The monoisotopic (exact) mass is 213 g/mol. The fraction of sp³-hybridized carbons (Fsp3) is 0. The largest absolute Gasteiger partial charge is 0.383 e. The van der Waals surface area contributed by atoms with Crippen molar-refractivity contribution in [2.75, 3.05) is 5.73 Å². The second-order valence-electron chi connectivity index (χ2n) is 3.18. The van der Waals surface area contributed by atoms with Crippen molar-refractivity contribution in [2.24, 2.45) is 0 Å². The molecule has 0 unspecified atom stereocenters. The summed E-state index contributed by atoms with van der Waals surface area (Å²) in [6.07, 6.45) is 6.19. The second kappa shape index (κ2) is 3.23. The summed E-state index contributed by atoms with van der Waals surface area (Å²) in [4.78, 5) is 15.8. The van der Waals surface area contributed by atoms with Crippen molar-refractivity contribution >= 4 is 16.9 Å². The van der Waals surface area contributed by atoms with Crippen LogP contribution in [0.5, 0.6) is 0 Å². The molecule has 0 fully saturated rings. The molecule has 7 heteroatoms. The molecule has 0 saturated carbocycles. The Kier molecular flexibility index (Phi) is 1.76. The van der Waals surface area contributed by atoms with Gasteiger partial charge in [-0.15, -0.1) is 0 Å². The van der Waals surface area contributed by atoms with E-state index in [-0.39, 0.29) is 0 Å². The average molecular weight is 213 g/mol. The number of hydrogen-bond donors (Lipinski definition) is 2. The van der Waals surface area contributed by atoms with Crippen LogP contribution in [-0.4, -0.2) is 30.1 Å². The number of nitrogens with two attached hydrogens (primary N) is 1. The van der Waals surface area contributed by atoms with E-state index in [0.717, 1.165) is 11.3 Å². The van der Waals surface area contributed by atoms with Gasteiger partial charge in [0.05, 0.1) is 11.1 Å². The van der Waals surface area contributed by atoms with Crippen molar-refractivity contribution in [3.05, 3.63) is 25.0 Å². The lowest BCUT2D eigenvalue weighted by Crippen LogP contribution is -1.92. The van der Waals surface area contributed by atoms with Crippen LogP contribution in [0.3, 0.4) is 0 Å². The quantitative estimate of drug-likeness (QED) is 0.605. The van der Waals surface area contributed by atoms with Gasteiger partial charge in [0.15, 0.2) is 5.65 Å². The van der Waals surface area contributed by atoms with Crippen LogP contribution in [0, 0.1) is 0 Å². The van der Waals surface area contributed by atoms with E-state index in [1.807, 2.05) is 0 Å². The average Bonchev–Trinajstić information content (AvgIpc) is 2.75. The molecule has 3 aromatic heterocycles. The summed E-state index contributed by atoms with van der Waals surface area (Å²) in [6.45, 7) is 0. The van der Waals surface area contributed by atoms with E-state index in [0.29, 0.717) is 16.9 Å². The van der Waals surface area contributed by atoms with Gasteiger partial charge < -0.3 is 5.73 Å². The van der Waals surface area contributed by atoms with Gasteiger partial charge in [0.2, 0.25) is 0 Å². The number of aromatic nitrogens is 6. The smallest absolute Gasteiger partial charge is 0.186 e. The highest BCUT2D eigenvalue weighted by molar-refractivity contribution is 5.97. The molecule has 0 aromatic carbocycles. The summed E-state index contributed by atoms with van der Waals surface area (Å²) in [5, 5.41) is 7.59. The Hall–Kier alpha value is -2.57. The maximum Gasteiger partial charge on any atom is 0.186 e. The summed E-state index contributed by atoms with van der Waals surface area (Å²) < 4.78 is 0. The normalized spacial score (nSPS) is 10.8. The van der Waals surface area contributed by atoms with Gasteiger partial charge in [-0.2, -0.15) is 5.10 Å². The minimum Gasteiger partial charge on any atom is -0.383 e. The van der Waals surface area contributed by atoms with Gasteiger partial charge in [0.25, 0.3) is 0 Å². The van der Waals surface area contributed by atoms with Crippen LogP contribution in [0.15, 0.2) is 25.0 Å². The van der Waals surface area contributed by atoms with Gasteiger partial charge in [-0.1, -0.05) is 0 Å². The maximum atomic E-state index is 5.79. The summed E-state index contributed by atoms with van der Waals surface area (Å²) in [6, 6.07) is 0. The molecule has 0 amide bonds. The van der Waals surface area contributed by atoms with Crippen molar-refractivity contribution in [3.63, 3.8) is 0 Å². The first-order valence-electron chi connectivity index (χ1n) is 4.56. The van der Waals surface area contributed by atoms with Crippen LogP contribution < -0.4 is 5.73 Å². The third-order valence-electron chi connectivity index (χ3n) is 2.23. The third-order valence-corrected chi connectivity index (χ3v) is 2.23. The highest BCUT2D eigenvalue weighted by Crippen LogP contribution is 2.26. The first-order chi connectivity index (χ1) is 7.86. The van der Waals surface area contributed by atoms with Gasteiger partial charge >= 0.3 is 0 Å². The third kappa shape index (κ3) is 1.18. The number of aromatic amines is 1. The zero-order chi connectivity index (χ0) is 11.0. The van der Waals surface area contributed by atoms with E-state index in [1.165, 1.54) is 12.7 Å². The Labute approximate surface area is 89.8 Å². The lowest BCUT2D eigenvalue weighted by Gasteiger charge is -1.98. The summed E-state index contributed by atoms with van der Waals surface area (Å²) in [7, 11) is 0. The Bertz CT molecular complexity index is 631. The van der Waals surface area contributed by atoms with Crippen LogP contribution in [0.4, 0.5) is 5.82 Å². The van der Waals surface area contributed by atoms with Gasteiger partial charge in [0.1, 0.15) is 18.5 Å². The molecule has 7 nitrogen and oxygen atoms in total. The Morgan fingerprint density at radius 1 is 1.06 bits per heavy atom. The fourth-order valence-corrected chi connectivity index (χ4v) is 1.52. The van der Waals surface area contributed by atoms with Crippen LogP contribution in [-0.2, 0) is 0 Å². The van der Waals surface area contributed by atoms with Crippen LogP contribution in [0.2, 0.25) is 0 Å². The highest BCUT2D eigenvalue weighted by atomic mass is 15.2. The summed E-state index contributed by atoms with van der Waals surface area (Å²) >= 11 is 0. The second-order valence-corrected chi connectivity index (χ2v) is 3.18. The number of rotatable bonds is 1. The minimum absolute atomic E-state index is 0.387. The number of fused-ring (bicyclic) bond motifs is 1. The van der Waals surface area contributed by atoms with Gasteiger partial charge in [-0.05, 0) is 0 Å². The van der Waals surface area contributed by atoms with E-state index in [4.69, 9.17) is 5.73 Å². The fourth-order valence-electron chi connectivity index (χ4n) is 1.52. The number of anilines is 1. The van der Waals surface area contributed by atoms with E-state index in [1.54, 1.807) is 12.4 Å². The van der Waals surface area contributed by atoms with Crippen LogP contribution in [0.1, 0.15) is 0 Å². The number of H-pyrrole nitrogens is 1. The topological polar surface area (TPSA) is 106 Å². The van der Waals surface area contributed by atoms with Crippen molar-refractivity contribution in [2.45, 2.75) is 0 Å². The molecule has 3 rings (SSSR count). The van der Waals surface area contributed by atoms with Crippen molar-refractivity contribution < 1.29 is 0 Å². The molecule has 0 aliphatic rings. The van der Waals surface area contributed by atoms with Gasteiger partial charge in [-0.25, -0.2) is 19.9 Å². The predicted octanol–water partition coefficient (Wildman–Crippen LogP) is 0.392. The standard InChI is InChI=1S/C9H7N7/c10-8-6-7(5-1-11-3-12-2-5)15-16-9(6)14-4-13-8/h1-4H,(H3,10,13,14,15,16). The molecule has 3 N–H and O–H groups in total. The minimum atomic E-state index is 0.387. The molecular weight excluding hydrogens is 206 g/mol. The van der Waals surface area contributed by atoms with Crippen molar-refractivity contribution in [3.8, 4) is 11.3 Å². The summed E-state index contributed by atoms with van der Waals surface area (Å²) in [5.74, 6) is 0.387. The Morgan fingerprint density at radius 3 is 2.69 bits per heavy atom. The molecule has 3 heterocycles. The molecule has 78 valence electrons. The molecule has 0 atom stereocenters. The molecule has 0 saturated heterocycles. The molecule has 16 heavy (non-hydrogen) atoms. The van der Waals surface area contributed by atoms with E-state index < -0.39 is 0 Å². The van der Waals surface area contributed by atoms with Crippen molar-refractivity contribution in [1.29, 1.82) is 0 Å². The predicted molar refractivity (Wildman–Crippen MR) is 57.1 cm³/mol. The maximum absolute atomic E-state index is 5.79. The molecule has 0 aliphatic heterocycles. The first kappa shape index (κ1) is 8.72. The van der Waals surface area contributed by atoms with Crippen LogP contribution >= 0.6 is 0 Å². The number of nitrogens with zero attached hydrogens (tertiary/aromatic N) is 5. The number of nitrogens with one attached hydrogen (secondary N) is 1. The lowest BCUT2D eigenvalue weighted by atomic mass is 10.2. The van der Waals surface area contributed by atoms with E-state index in [9.17, 15) is 0 Å². The SMILES string of the molecule is Nc1ncnc2n[nH]c(-c3cncnc3)c12. The molecule has 3 aromatic rings. The van der Waals surface area contributed by atoms with Crippen molar-refractivity contribution in [1.82, 2.24) is 30.1 Å². The van der Waals surface area contributed by atoms with E-state index >= 15 is 0 Å². The molecule has 0 spiro atoms. The molecule has 0 aliphatic carbocycles. The Morgan fingerprint density at radius 2 is 1.88 bits per heavy atom. The van der Waals surface area contributed by atoms with E-state index in [2.05, 4.69) is 30.1 Å². The zero-order valence-electron chi connectivity index (χ0n) is 8.12. The molecule has 0 radical (unpaired) electrons. The van der Waals surface area contributed by atoms with Gasteiger partial charge in [0, 0.05) is 18.0 Å². The highest BCUT2D eigenvalue weighted by Gasteiger charge is 2.12.